The highest BCUT2D eigenvalue weighted by molar-refractivity contribution is 9.10. The molecule has 3 rings (SSSR count). The molecule has 1 aromatic carbocycles. The predicted octanol–water partition coefficient (Wildman–Crippen LogP) is 3.18. The van der Waals surface area contributed by atoms with E-state index in [4.69, 9.17) is 0 Å². The average molecular weight is 307 g/mol. The van der Waals surface area contributed by atoms with Crippen molar-refractivity contribution in [3.8, 4) is 0 Å². The van der Waals surface area contributed by atoms with E-state index >= 15 is 0 Å². The van der Waals surface area contributed by atoms with Crippen LogP contribution in [-0.4, -0.2) is 28.5 Å². The van der Waals surface area contributed by atoms with Gasteiger partial charge in [-0.15, -0.1) is 0 Å². The highest BCUT2D eigenvalue weighted by Gasteiger charge is 2.22. The van der Waals surface area contributed by atoms with Gasteiger partial charge in [-0.2, -0.15) is 0 Å². The van der Waals surface area contributed by atoms with E-state index in [9.17, 15) is 4.79 Å². The van der Waals surface area contributed by atoms with Crippen LogP contribution in [0.25, 0.3) is 10.9 Å². The van der Waals surface area contributed by atoms with Crippen molar-refractivity contribution in [2.24, 2.45) is 7.05 Å². The predicted molar refractivity (Wildman–Crippen MR) is 75.8 cm³/mol. The third-order valence-corrected chi connectivity index (χ3v) is 4.07. The van der Waals surface area contributed by atoms with Crippen molar-refractivity contribution in [3.63, 3.8) is 0 Å². The monoisotopic (exact) mass is 306 g/mol. The Bertz CT molecular complexity index is 612. The molecule has 2 heterocycles. The van der Waals surface area contributed by atoms with Crippen LogP contribution in [0.2, 0.25) is 0 Å². The van der Waals surface area contributed by atoms with E-state index in [0.717, 1.165) is 46.9 Å². The van der Waals surface area contributed by atoms with E-state index in [1.165, 1.54) is 0 Å². The molecule has 4 heteroatoms. The summed E-state index contributed by atoms with van der Waals surface area (Å²) in [4.78, 5) is 14.4. The lowest BCUT2D eigenvalue weighted by Gasteiger charge is -2.14. The number of nitrogens with zero attached hydrogens (tertiary/aromatic N) is 2. The van der Waals surface area contributed by atoms with E-state index in [-0.39, 0.29) is 5.91 Å². The summed E-state index contributed by atoms with van der Waals surface area (Å²) < 4.78 is 3.03. The number of aryl methyl sites for hydroxylation is 1. The van der Waals surface area contributed by atoms with Gasteiger partial charge in [0.05, 0.1) is 5.56 Å². The zero-order valence-electron chi connectivity index (χ0n) is 10.3. The minimum absolute atomic E-state index is 0.163. The maximum Gasteiger partial charge on any atom is 0.256 e. The topological polar surface area (TPSA) is 25.2 Å². The summed E-state index contributed by atoms with van der Waals surface area (Å²) in [7, 11) is 1.98. The zero-order chi connectivity index (χ0) is 12.7. The van der Waals surface area contributed by atoms with E-state index < -0.39 is 0 Å². The molecule has 1 amide bonds. The molecule has 1 aliphatic rings. The van der Waals surface area contributed by atoms with Crippen molar-refractivity contribution in [1.29, 1.82) is 0 Å². The van der Waals surface area contributed by atoms with Crippen molar-refractivity contribution >= 4 is 32.7 Å². The Morgan fingerprint density at radius 2 is 2.00 bits per heavy atom. The lowest BCUT2D eigenvalue weighted by atomic mass is 10.1. The van der Waals surface area contributed by atoms with Crippen molar-refractivity contribution in [3.05, 3.63) is 34.4 Å². The SMILES string of the molecule is Cn1cc(C(=O)N2CCCC2)c2cc(Br)ccc21. The van der Waals surface area contributed by atoms with Gasteiger partial charge < -0.3 is 9.47 Å². The minimum atomic E-state index is 0.163. The summed E-state index contributed by atoms with van der Waals surface area (Å²) in [6, 6.07) is 6.07. The molecule has 94 valence electrons. The Hall–Kier alpha value is -1.29. The molecule has 3 nitrogen and oxygen atoms in total. The highest BCUT2D eigenvalue weighted by atomic mass is 79.9. The third kappa shape index (κ3) is 1.85. The number of rotatable bonds is 1. The van der Waals surface area contributed by atoms with Crippen molar-refractivity contribution in [1.82, 2.24) is 9.47 Å². The number of likely N-dealkylation sites (tertiary alicyclic amines) is 1. The summed E-state index contributed by atoms with van der Waals surface area (Å²) >= 11 is 3.47. The smallest absolute Gasteiger partial charge is 0.256 e. The minimum Gasteiger partial charge on any atom is -0.350 e. The number of hydrogen-bond acceptors (Lipinski definition) is 1. The van der Waals surface area contributed by atoms with E-state index in [0.29, 0.717) is 0 Å². The summed E-state index contributed by atoms with van der Waals surface area (Å²) in [5.41, 5.74) is 1.91. The van der Waals surface area contributed by atoms with Crippen LogP contribution in [-0.2, 0) is 7.05 Å². The molecule has 18 heavy (non-hydrogen) atoms. The second-order valence-corrected chi connectivity index (χ2v) is 5.73. The van der Waals surface area contributed by atoms with Crippen molar-refractivity contribution in [2.45, 2.75) is 12.8 Å². The Balaban J connectivity index is 2.10. The van der Waals surface area contributed by atoms with Crippen LogP contribution in [0, 0.1) is 0 Å². The molecule has 0 N–H and O–H groups in total. The molecule has 0 aliphatic carbocycles. The maximum atomic E-state index is 12.5. The molecule has 0 saturated carbocycles. The normalized spacial score (nSPS) is 15.6. The average Bonchev–Trinajstić information content (AvgIpc) is 2.97. The Kier molecular flexibility index (Phi) is 2.90. The number of carbonyl (C=O) groups is 1. The van der Waals surface area contributed by atoms with Gasteiger partial charge in [0.1, 0.15) is 0 Å². The molecule has 0 radical (unpaired) electrons. The number of halogens is 1. The molecule has 1 aromatic heterocycles. The fourth-order valence-corrected chi connectivity index (χ4v) is 2.99. The van der Waals surface area contributed by atoms with Gasteiger partial charge in [-0.1, -0.05) is 15.9 Å². The molecule has 2 aromatic rings. The Morgan fingerprint density at radius 1 is 1.28 bits per heavy atom. The van der Waals surface area contributed by atoms with Crippen LogP contribution in [0.1, 0.15) is 23.2 Å². The van der Waals surface area contributed by atoms with Crippen LogP contribution in [0.4, 0.5) is 0 Å². The first-order valence-electron chi connectivity index (χ1n) is 6.20. The second-order valence-electron chi connectivity index (χ2n) is 4.81. The van der Waals surface area contributed by atoms with Crippen LogP contribution in [0.3, 0.4) is 0 Å². The summed E-state index contributed by atoms with van der Waals surface area (Å²) in [5.74, 6) is 0.163. The Morgan fingerprint density at radius 3 is 2.72 bits per heavy atom. The number of benzene rings is 1. The fourth-order valence-electron chi connectivity index (χ4n) is 2.63. The van der Waals surface area contributed by atoms with E-state index in [1.807, 2.05) is 40.9 Å². The van der Waals surface area contributed by atoms with Crippen LogP contribution >= 0.6 is 15.9 Å². The molecule has 1 saturated heterocycles. The number of amides is 1. The quantitative estimate of drug-likeness (QED) is 0.794. The standard InChI is InChI=1S/C14H15BrN2O/c1-16-9-12(14(18)17-6-2-3-7-17)11-8-10(15)4-5-13(11)16/h4-5,8-9H,2-3,6-7H2,1H3. The van der Waals surface area contributed by atoms with E-state index in [2.05, 4.69) is 15.9 Å². The Labute approximate surface area is 115 Å². The molecular formula is C14H15BrN2O. The number of fused-ring (bicyclic) bond motifs is 1. The van der Waals surface area contributed by atoms with Gasteiger partial charge in [0.25, 0.3) is 5.91 Å². The highest BCUT2D eigenvalue weighted by Crippen LogP contribution is 2.26. The summed E-state index contributed by atoms with van der Waals surface area (Å²) in [5, 5.41) is 1.03. The third-order valence-electron chi connectivity index (χ3n) is 3.58. The first-order valence-corrected chi connectivity index (χ1v) is 7.00. The van der Waals surface area contributed by atoms with Gasteiger partial charge in [-0.25, -0.2) is 0 Å². The second kappa shape index (κ2) is 4.43. The fraction of sp³-hybridized carbons (Fsp3) is 0.357. The summed E-state index contributed by atoms with van der Waals surface area (Å²) in [6.45, 7) is 1.78. The largest absolute Gasteiger partial charge is 0.350 e. The van der Waals surface area contributed by atoms with E-state index in [1.54, 1.807) is 0 Å². The van der Waals surface area contributed by atoms with Gasteiger partial charge >= 0.3 is 0 Å². The van der Waals surface area contributed by atoms with Crippen LogP contribution in [0.15, 0.2) is 28.9 Å². The number of aromatic nitrogens is 1. The molecule has 1 aliphatic heterocycles. The molecule has 0 atom stereocenters. The molecule has 0 unspecified atom stereocenters. The van der Waals surface area contributed by atoms with Crippen molar-refractivity contribution in [2.75, 3.05) is 13.1 Å². The lowest BCUT2D eigenvalue weighted by molar-refractivity contribution is 0.0794. The maximum absolute atomic E-state index is 12.5. The van der Waals surface area contributed by atoms with Crippen LogP contribution in [0.5, 0.6) is 0 Å². The van der Waals surface area contributed by atoms with Gasteiger partial charge in [-0.3, -0.25) is 4.79 Å². The van der Waals surface area contributed by atoms with Crippen molar-refractivity contribution < 1.29 is 4.79 Å². The van der Waals surface area contributed by atoms with Gasteiger partial charge in [0.2, 0.25) is 0 Å². The molecular weight excluding hydrogens is 292 g/mol. The zero-order valence-corrected chi connectivity index (χ0v) is 11.9. The van der Waals surface area contributed by atoms with Gasteiger partial charge in [0.15, 0.2) is 0 Å². The lowest BCUT2D eigenvalue weighted by Crippen LogP contribution is -2.27. The molecule has 0 spiro atoms. The molecule has 1 fully saturated rings. The number of hydrogen-bond donors (Lipinski definition) is 0. The first kappa shape index (κ1) is 11.8. The molecule has 0 bridgehead atoms. The van der Waals surface area contributed by atoms with Crippen LogP contribution < -0.4 is 0 Å². The van der Waals surface area contributed by atoms with Gasteiger partial charge in [-0.05, 0) is 31.0 Å². The first-order chi connectivity index (χ1) is 8.66. The number of carbonyl (C=O) groups excluding carboxylic acids is 1. The summed E-state index contributed by atoms with van der Waals surface area (Å²) in [6.07, 6.45) is 4.19. The van der Waals surface area contributed by atoms with Gasteiger partial charge in [0, 0.05) is 41.7 Å².